The minimum absolute atomic E-state index is 0.0349. The minimum Gasteiger partial charge on any atom is -0.340 e. The van der Waals surface area contributed by atoms with Gasteiger partial charge in [-0.3, -0.25) is 14.5 Å². The molecule has 1 unspecified atom stereocenters. The summed E-state index contributed by atoms with van der Waals surface area (Å²) < 4.78 is 28.3. The number of rotatable bonds is 2. The van der Waals surface area contributed by atoms with Crippen LogP contribution in [0, 0.1) is 24.5 Å². The highest BCUT2D eigenvalue weighted by Crippen LogP contribution is 2.42. The van der Waals surface area contributed by atoms with Gasteiger partial charge in [0.1, 0.15) is 23.6 Å². The lowest BCUT2D eigenvalue weighted by Crippen LogP contribution is -2.67. The monoisotopic (exact) mass is 294 g/mol. The van der Waals surface area contributed by atoms with E-state index in [-0.39, 0.29) is 18.0 Å². The summed E-state index contributed by atoms with van der Waals surface area (Å²) >= 11 is 0. The second-order valence-electron chi connectivity index (χ2n) is 5.94. The first-order valence-corrected chi connectivity index (χ1v) is 6.92. The van der Waals surface area contributed by atoms with Gasteiger partial charge in [0, 0.05) is 0 Å². The van der Waals surface area contributed by atoms with Crippen molar-refractivity contribution < 1.29 is 18.4 Å². The van der Waals surface area contributed by atoms with Gasteiger partial charge < -0.3 is 5.32 Å². The Labute approximate surface area is 121 Å². The Morgan fingerprint density at radius 3 is 2.57 bits per heavy atom. The molecule has 21 heavy (non-hydrogen) atoms. The van der Waals surface area contributed by atoms with E-state index in [0.717, 1.165) is 23.8 Å². The molecule has 2 amide bonds. The van der Waals surface area contributed by atoms with E-state index in [0.29, 0.717) is 0 Å². The van der Waals surface area contributed by atoms with Crippen molar-refractivity contribution >= 4 is 17.5 Å². The quantitative estimate of drug-likeness (QED) is 0.905. The fourth-order valence-electron chi connectivity index (χ4n) is 2.89. The first kappa shape index (κ1) is 14.0. The maximum absolute atomic E-state index is 14.3. The highest BCUT2D eigenvalue weighted by molar-refractivity contribution is 6.09. The molecule has 0 spiro atoms. The lowest BCUT2D eigenvalue weighted by molar-refractivity contribution is -0.136. The van der Waals surface area contributed by atoms with Gasteiger partial charge in [0.15, 0.2) is 5.82 Å². The van der Waals surface area contributed by atoms with E-state index < -0.39 is 34.7 Å². The Bertz CT molecular complexity index is 643. The zero-order valence-electron chi connectivity index (χ0n) is 11.9. The number of carbonyl (C=O) groups is 2. The SMILES string of the molecule is Cc1ccc(F)c(N2CC(=O)NC(C)(C3CC3)C2=O)c1F. The van der Waals surface area contributed by atoms with Crippen LogP contribution in [0.2, 0.25) is 0 Å². The van der Waals surface area contributed by atoms with Crippen LogP contribution in [-0.4, -0.2) is 23.9 Å². The molecule has 1 N–H and O–H groups in total. The summed E-state index contributed by atoms with van der Waals surface area (Å²) in [6.07, 6.45) is 1.66. The molecule has 1 atom stereocenters. The zero-order chi connectivity index (χ0) is 15.4. The Balaban J connectivity index is 2.07. The molecule has 3 rings (SSSR count). The highest BCUT2D eigenvalue weighted by atomic mass is 19.1. The van der Waals surface area contributed by atoms with Crippen molar-refractivity contribution in [3.63, 3.8) is 0 Å². The lowest BCUT2D eigenvalue weighted by atomic mass is 9.91. The first-order valence-electron chi connectivity index (χ1n) is 6.92. The van der Waals surface area contributed by atoms with Gasteiger partial charge in [-0.05, 0) is 44.2 Å². The predicted molar refractivity (Wildman–Crippen MR) is 72.7 cm³/mol. The van der Waals surface area contributed by atoms with E-state index in [1.807, 2.05) is 0 Å². The van der Waals surface area contributed by atoms with Crippen molar-refractivity contribution in [1.29, 1.82) is 0 Å². The third kappa shape index (κ3) is 2.09. The Hall–Kier alpha value is -1.98. The maximum Gasteiger partial charge on any atom is 0.253 e. The van der Waals surface area contributed by atoms with Gasteiger partial charge in [-0.15, -0.1) is 0 Å². The van der Waals surface area contributed by atoms with E-state index in [9.17, 15) is 18.4 Å². The van der Waals surface area contributed by atoms with E-state index in [4.69, 9.17) is 0 Å². The number of benzene rings is 1. The van der Waals surface area contributed by atoms with Crippen molar-refractivity contribution in [3.05, 3.63) is 29.3 Å². The van der Waals surface area contributed by atoms with Crippen LogP contribution in [0.5, 0.6) is 0 Å². The third-order valence-electron chi connectivity index (χ3n) is 4.31. The number of aryl methyl sites for hydroxylation is 1. The van der Waals surface area contributed by atoms with Gasteiger partial charge in [-0.2, -0.15) is 0 Å². The Morgan fingerprint density at radius 1 is 1.29 bits per heavy atom. The third-order valence-corrected chi connectivity index (χ3v) is 4.31. The van der Waals surface area contributed by atoms with Crippen LogP contribution in [0.25, 0.3) is 0 Å². The predicted octanol–water partition coefficient (Wildman–Crippen LogP) is 1.90. The number of piperazine rings is 1. The molecule has 1 heterocycles. The second kappa shape index (κ2) is 4.51. The normalized spacial score (nSPS) is 26.0. The van der Waals surface area contributed by atoms with Crippen molar-refractivity contribution in [2.45, 2.75) is 32.2 Å². The number of nitrogens with zero attached hydrogens (tertiary/aromatic N) is 1. The Morgan fingerprint density at radius 2 is 1.95 bits per heavy atom. The van der Waals surface area contributed by atoms with Gasteiger partial charge in [0.25, 0.3) is 5.91 Å². The second-order valence-corrected chi connectivity index (χ2v) is 5.94. The van der Waals surface area contributed by atoms with Crippen LogP contribution < -0.4 is 10.2 Å². The smallest absolute Gasteiger partial charge is 0.253 e. The molecule has 0 radical (unpaired) electrons. The number of amides is 2. The summed E-state index contributed by atoms with van der Waals surface area (Å²) in [4.78, 5) is 25.5. The Kier molecular flexibility index (Phi) is 3.00. The molecule has 0 bridgehead atoms. The molecular formula is C15H16F2N2O2. The topological polar surface area (TPSA) is 49.4 Å². The van der Waals surface area contributed by atoms with E-state index in [2.05, 4.69) is 5.32 Å². The number of carbonyl (C=O) groups excluding carboxylic acids is 2. The van der Waals surface area contributed by atoms with Gasteiger partial charge in [-0.25, -0.2) is 8.78 Å². The maximum atomic E-state index is 14.3. The molecule has 2 aliphatic rings. The molecule has 1 aromatic rings. The molecular weight excluding hydrogens is 278 g/mol. The fraction of sp³-hybridized carbons (Fsp3) is 0.467. The molecule has 2 fully saturated rings. The summed E-state index contributed by atoms with van der Waals surface area (Å²) in [7, 11) is 0. The fourth-order valence-corrected chi connectivity index (χ4v) is 2.89. The summed E-state index contributed by atoms with van der Waals surface area (Å²) in [5.74, 6) is -2.44. The van der Waals surface area contributed by atoms with Crippen LogP contribution >= 0.6 is 0 Å². The molecule has 1 aromatic carbocycles. The van der Waals surface area contributed by atoms with Crippen LogP contribution in [0.15, 0.2) is 12.1 Å². The van der Waals surface area contributed by atoms with Crippen LogP contribution in [0.1, 0.15) is 25.3 Å². The van der Waals surface area contributed by atoms with E-state index in [1.165, 1.54) is 13.0 Å². The average molecular weight is 294 g/mol. The number of hydrogen-bond acceptors (Lipinski definition) is 2. The molecule has 1 aliphatic carbocycles. The van der Waals surface area contributed by atoms with Gasteiger partial charge in [0.2, 0.25) is 5.91 Å². The molecule has 112 valence electrons. The molecule has 1 aliphatic heterocycles. The van der Waals surface area contributed by atoms with Crippen molar-refractivity contribution in [3.8, 4) is 0 Å². The lowest BCUT2D eigenvalue weighted by Gasteiger charge is -2.40. The largest absolute Gasteiger partial charge is 0.340 e. The standard InChI is InChI=1S/C15H16F2N2O2/c1-8-3-6-10(16)13(12(8)17)19-7-11(20)18-15(2,14(19)21)9-4-5-9/h3,6,9H,4-5,7H2,1-2H3,(H,18,20). The molecule has 0 aromatic heterocycles. The number of halogens is 2. The van der Waals surface area contributed by atoms with Crippen molar-refractivity contribution in [1.82, 2.24) is 5.32 Å². The number of hydrogen-bond donors (Lipinski definition) is 1. The molecule has 6 heteroatoms. The first-order chi connectivity index (χ1) is 9.84. The zero-order valence-corrected chi connectivity index (χ0v) is 11.9. The van der Waals surface area contributed by atoms with E-state index >= 15 is 0 Å². The van der Waals surface area contributed by atoms with Crippen LogP contribution in [0.4, 0.5) is 14.5 Å². The van der Waals surface area contributed by atoms with Crippen LogP contribution in [0.3, 0.4) is 0 Å². The summed E-state index contributed by atoms with van der Waals surface area (Å²) in [6, 6.07) is 2.42. The van der Waals surface area contributed by atoms with Gasteiger partial charge in [0.05, 0.1) is 0 Å². The molecule has 1 saturated heterocycles. The number of anilines is 1. The summed E-state index contributed by atoms with van der Waals surface area (Å²) in [5, 5.41) is 2.68. The van der Waals surface area contributed by atoms with Crippen molar-refractivity contribution in [2.24, 2.45) is 5.92 Å². The average Bonchev–Trinajstić information content (AvgIpc) is 3.24. The van der Waals surface area contributed by atoms with Gasteiger partial charge in [-0.1, -0.05) is 6.07 Å². The van der Waals surface area contributed by atoms with Gasteiger partial charge >= 0.3 is 0 Å². The summed E-state index contributed by atoms with van der Waals surface area (Å²) in [6.45, 7) is 2.76. The molecule has 4 nitrogen and oxygen atoms in total. The van der Waals surface area contributed by atoms with Crippen LogP contribution in [-0.2, 0) is 9.59 Å². The minimum atomic E-state index is -1.07. The summed E-state index contributed by atoms with van der Waals surface area (Å²) in [5.41, 5.74) is -1.27. The number of nitrogens with one attached hydrogen (secondary N) is 1. The molecule has 1 saturated carbocycles. The highest BCUT2D eigenvalue weighted by Gasteiger charge is 2.53. The van der Waals surface area contributed by atoms with Crippen molar-refractivity contribution in [2.75, 3.05) is 11.4 Å². The van der Waals surface area contributed by atoms with E-state index in [1.54, 1.807) is 6.92 Å².